The van der Waals surface area contributed by atoms with Gasteiger partial charge in [0.15, 0.2) is 11.5 Å². The van der Waals surface area contributed by atoms with E-state index in [4.69, 9.17) is 0 Å². The van der Waals surface area contributed by atoms with Crippen molar-refractivity contribution in [3.63, 3.8) is 0 Å². The highest BCUT2D eigenvalue weighted by Crippen LogP contribution is 2.27. The number of halogens is 1. The first kappa shape index (κ1) is 14.4. The first-order valence-electron chi connectivity index (χ1n) is 5.98. The van der Waals surface area contributed by atoms with Crippen LogP contribution in [0.3, 0.4) is 0 Å². The maximum Gasteiger partial charge on any atom is 0.255 e. The number of amides is 1. The molecule has 0 unspecified atom stereocenters. The van der Waals surface area contributed by atoms with E-state index in [0.717, 1.165) is 15.6 Å². The molecule has 1 amide bonds. The van der Waals surface area contributed by atoms with Crippen LogP contribution in [0.15, 0.2) is 34.8 Å². The Balaban J connectivity index is 2.25. The molecule has 3 N–H and O–H groups in total. The summed E-state index contributed by atoms with van der Waals surface area (Å²) in [6.07, 6.45) is 0. The molecule has 104 valence electrons. The van der Waals surface area contributed by atoms with Crippen molar-refractivity contribution >= 4 is 27.5 Å². The molecule has 0 saturated carbocycles. The number of hydrogen-bond acceptors (Lipinski definition) is 3. The van der Waals surface area contributed by atoms with Crippen molar-refractivity contribution < 1.29 is 15.0 Å². The Morgan fingerprint density at radius 1 is 1.05 bits per heavy atom. The molecule has 0 spiro atoms. The first-order valence-corrected chi connectivity index (χ1v) is 6.78. The number of benzene rings is 2. The highest BCUT2D eigenvalue weighted by atomic mass is 79.9. The Kier molecular flexibility index (Phi) is 3.99. The fourth-order valence-electron chi connectivity index (χ4n) is 1.89. The van der Waals surface area contributed by atoms with Gasteiger partial charge in [0.1, 0.15) is 0 Å². The fraction of sp³-hybridized carbons (Fsp3) is 0.133. The summed E-state index contributed by atoms with van der Waals surface area (Å²) < 4.78 is 1.01. The van der Waals surface area contributed by atoms with Crippen molar-refractivity contribution in [1.29, 1.82) is 0 Å². The molecular weight excluding hydrogens is 322 g/mol. The third kappa shape index (κ3) is 2.93. The van der Waals surface area contributed by atoms with Crippen molar-refractivity contribution in [2.75, 3.05) is 5.32 Å². The number of carbonyl (C=O) groups excluding carboxylic acids is 1. The molecule has 0 radical (unpaired) electrons. The molecule has 0 aromatic heterocycles. The topological polar surface area (TPSA) is 69.6 Å². The summed E-state index contributed by atoms with van der Waals surface area (Å²) in [6.45, 7) is 3.89. The Morgan fingerprint density at radius 2 is 1.65 bits per heavy atom. The van der Waals surface area contributed by atoms with Gasteiger partial charge in [0, 0.05) is 15.7 Å². The molecular formula is C15H14BrNO3. The van der Waals surface area contributed by atoms with E-state index in [1.54, 1.807) is 0 Å². The molecule has 0 bridgehead atoms. The lowest BCUT2D eigenvalue weighted by Gasteiger charge is -2.10. The lowest BCUT2D eigenvalue weighted by Crippen LogP contribution is -2.12. The Labute approximate surface area is 125 Å². The highest BCUT2D eigenvalue weighted by Gasteiger charge is 2.10. The number of aryl methyl sites for hydroxylation is 2. The van der Waals surface area contributed by atoms with Crippen molar-refractivity contribution in [2.45, 2.75) is 13.8 Å². The predicted octanol–water partition coefficient (Wildman–Crippen LogP) is 3.73. The average molecular weight is 336 g/mol. The van der Waals surface area contributed by atoms with E-state index in [1.807, 2.05) is 26.0 Å². The van der Waals surface area contributed by atoms with E-state index in [2.05, 4.69) is 21.2 Å². The van der Waals surface area contributed by atoms with E-state index in [1.165, 1.54) is 18.2 Å². The third-order valence-corrected chi connectivity index (χ3v) is 4.18. The largest absolute Gasteiger partial charge is 0.504 e. The average Bonchev–Trinajstić information content (AvgIpc) is 2.39. The zero-order valence-electron chi connectivity index (χ0n) is 11.1. The molecule has 0 aliphatic heterocycles. The molecule has 2 aromatic rings. The van der Waals surface area contributed by atoms with Gasteiger partial charge in [-0.15, -0.1) is 0 Å². The maximum absolute atomic E-state index is 12.1. The van der Waals surface area contributed by atoms with Crippen LogP contribution in [0.2, 0.25) is 0 Å². The molecule has 0 heterocycles. The van der Waals surface area contributed by atoms with Crippen LogP contribution in [0.5, 0.6) is 11.5 Å². The monoisotopic (exact) mass is 335 g/mol. The third-order valence-electron chi connectivity index (χ3n) is 2.93. The summed E-state index contributed by atoms with van der Waals surface area (Å²) >= 11 is 3.47. The number of phenols is 2. The van der Waals surface area contributed by atoms with Gasteiger partial charge < -0.3 is 15.5 Å². The van der Waals surface area contributed by atoms with Crippen LogP contribution < -0.4 is 5.32 Å². The van der Waals surface area contributed by atoms with Gasteiger partial charge in [0.2, 0.25) is 0 Å². The summed E-state index contributed by atoms with van der Waals surface area (Å²) in [4.78, 5) is 12.1. The normalized spacial score (nSPS) is 10.3. The van der Waals surface area contributed by atoms with E-state index in [0.29, 0.717) is 5.69 Å². The van der Waals surface area contributed by atoms with Crippen LogP contribution in [-0.2, 0) is 0 Å². The van der Waals surface area contributed by atoms with E-state index in [-0.39, 0.29) is 23.0 Å². The lowest BCUT2D eigenvalue weighted by molar-refractivity contribution is 0.102. The summed E-state index contributed by atoms with van der Waals surface area (Å²) in [5.74, 6) is -0.917. The highest BCUT2D eigenvalue weighted by molar-refractivity contribution is 9.10. The minimum Gasteiger partial charge on any atom is -0.504 e. The van der Waals surface area contributed by atoms with Crippen LogP contribution in [-0.4, -0.2) is 16.1 Å². The summed E-state index contributed by atoms with van der Waals surface area (Å²) in [7, 11) is 0. The molecule has 2 aromatic carbocycles. The molecule has 0 saturated heterocycles. The van der Waals surface area contributed by atoms with Crippen LogP contribution in [0.1, 0.15) is 21.5 Å². The van der Waals surface area contributed by atoms with Gasteiger partial charge in [-0.05, 0) is 55.3 Å². The van der Waals surface area contributed by atoms with Gasteiger partial charge in [0.05, 0.1) is 0 Å². The first-order chi connectivity index (χ1) is 9.38. The summed E-state index contributed by atoms with van der Waals surface area (Å²) in [5.41, 5.74) is 3.00. The predicted molar refractivity (Wildman–Crippen MR) is 81.3 cm³/mol. The van der Waals surface area contributed by atoms with E-state index < -0.39 is 0 Å². The molecule has 0 fully saturated rings. The Hall–Kier alpha value is -2.01. The SMILES string of the molecule is Cc1cc(NC(=O)c2ccc(O)c(O)c2)cc(C)c1Br. The second-order valence-electron chi connectivity index (χ2n) is 4.58. The van der Waals surface area contributed by atoms with Crippen LogP contribution >= 0.6 is 15.9 Å². The Morgan fingerprint density at radius 3 is 2.20 bits per heavy atom. The zero-order valence-corrected chi connectivity index (χ0v) is 12.7. The van der Waals surface area contributed by atoms with Crippen molar-refractivity contribution in [1.82, 2.24) is 0 Å². The quantitative estimate of drug-likeness (QED) is 0.732. The van der Waals surface area contributed by atoms with Gasteiger partial charge in [-0.2, -0.15) is 0 Å². The molecule has 0 atom stereocenters. The van der Waals surface area contributed by atoms with Gasteiger partial charge in [-0.25, -0.2) is 0 Å². The maximum atomic E-state index is 12.1. The minimum absolute atomic E-state index is 0.253. The zero-order chi connectivity index (χ0) is 14.9. The van der Waals surface area contributed by atoms with Crippen molar-refractivity contribution in [3.8, 4) is 11.5 Å². The number of carbonyl (C=O) groups is 1. The number of anilines is 1. The van der Waals surface area contributed by atoms with Crippen LogP contribution in [0.25, 0.3) is 0 Å². The standard InChI is InChI=1S/C15H14BrNO3/c1-8-5-11(6-9(2)14(8)16)17-15(20)10-3-4-12(18)13(19)7-10/h3-7,18-19H,1-2H3,(H,17,20). The Bertz CT molecular complexity index is 660. The number of rotatable bonds is 2. The molecule has 5 heteroatoms. The van der Waals surface area contributed by atoms with Crippen LogP contribution in [0.4, 0.5) is 5.69 Å². The van der Waals surface area contributed by atoms with Crippen molar-refractivity contribution in [2.24, 2.45) is 0 Å². The van der Waals surface area contributed by atoms with E-state index >= 15 is 0 Å². The molecule has 0 aliphatic rings. The van der Waals surface area contributed by atoms with Crippen molar-refractivity contribution in [3.05, 3.63) is 51.5 Å². The van der Waals surface area contributed by atoms with Gasteiger partial charge in [-0.1, -0.05) is 15.9 Å². The number of aromatic hydroxyl groups is 2. The minimum atomic E-state index is -0.346. The fourth-order valence-corrected chi connectivity index (χ4v) is 2.11. The second kappa shape index (κ2) is 5.54. The van der Waals surface area contributed by atoms with Gasteiger partial charge in [-0.3, -0.25) is 4.79 Å². The van der Waals surface area contributed by atoms with Gasteiger partial charge >= 0.3 is 0 Å². The smallest absolute Gasteiger partial charge is 0.255 e. The number of phenolic OH excluding ortho intramolecular Hbond substituents is 2. The van der Waals surface area contributed by atoms with E-state index in [9.17, 15) is 15.0 Å². The molecule has 20 heavy (non-hydrogen) atoms. The second-order valence-corrected chi connectivity index (χ2v) is 5.37. The van der Waals surface area contributed by atoms with Gasteiger partial charge in [0.25, 0.3) is 5.91 Å². The lowest BCUT2D eigenvalue weighted by atomic mass is 10.1. The number of nitrogens with one attached hydrogen (secondary N) is 1. The summed E-state index contributed by atoms with van der Waals surface area (Å²) in [6, 6.07) is 7.67. The molecule has 2 rings (SSSR count). The summed E-state index contributed by atoms with van der Waals surface area (Å²) in [5, 5.41) is 21.4. The molecule has 0 aliphatic carbocycles. The molecule has 4 nitrogen and oxygen atoms in total. The van der Waals surface area contributed by atoms with Crippen LogP contribution in [0, 0.1) is 13.8 Å². The number of hydrogen-bond donors (Lipinski definition) is 3.